The number of imidazole rings is 1. The minimum absolute atomic E-state index is 0.494. The summed E-state index contributed by atoms with van der Waals surface area (Å²) in [6.07, 6.45) is 3.16. The van der Waals surface area contributed by atoms with Gasteiger partial charge in [0.25, 0.3) is 0 Å². The summed E-state index contributed by atoms with van der Waals surface area (Å²) >= 11 is 3.53. The van der Waals surface area contributed by atoms with Crippen molar-refractivity contribution in [2.24, 2.45) is 5.92 Å². The number of fused-ring (bicyclic) bond motifs is 1. The molecular formula is C14H19BrN2. The first kappa shape index (κ1) is 12.6. The van der Waals surface area contributed by atoms with Gasteiger partial charge in [-0.1, -0.05) is 27.7 Å². The molecule has 0 unspecified atom stereocenters. The van der Waals surface area contributed by atoms with Crippen LogP contribution in [0.15, 0.2) is 22.8 Å². The molecule has 0 bridgehead atoms. The van der Waals surface area contributed by atoms with Gasteiger partial charge in [-0.25, -0.2) is 4.98 Å². The first-order chi connectivity index (χ1) is 7.99. The number of aromatic nitrogens is 2. The molecule has 0 fully saturated rings. The van der Waals surface area contributed by atoms with Crippen molar-refractivity contribution in [1.29, 1.82) is 0 Å². The molecule has 2 nitrogen and oxygen atoms in total. The Hall–Kier alpha value is -0.830. The summed E-state index contributed by atoms with van der Waals surface area (Å²) < 4.78 is 3.31. The van der Waals surface area contributed by atoms with Gasteiger partial charge in [-0.15, -0.1) is 0 Å². The van der Waals surface area contributed by atoms with E-state index in [-0.39, 0.29) is 0 Å². The standard InChI is InChI=1S/C14H19BrN2/c1-9(2)7-12-14(10(3)4)17-8-11(15)5-6-13(17)16-12/h5-6,8-10H,7H2,1-4H3. The van der Waals surface area contributed by atoms with E-state index in [0.29, 0.717) is 11.8 Å². The molecule has 3 heteroatoms. The van der Waals surface area contributed by atoms with Crippen LogP contribution in [0.25, 0.3) is 5.65 Å². The first-order valence-corrected chi connectivity index (χ1v) is 6.94. The maximum Gasteiger partial charge on any atom is 0.137 e. The molecule has 0 aliphatic heterocycles. The topological polar surface area (TPSA) is 17.3 Å². The molecule has 0 aliphatic carbocycles. The Kier molecular flexibility index (Phi) is 3.57. The monoisotopic (exact) mass is 294 g/mol. The molecule has 2 heterocycles. The van der Waals surface area contributed by atoms with Gasteiger partial charge in [-0.2, -0.15) is 0 Å². The molecule has 0 N–H and O–H groups in total. The zero-order valence-electron chi connectivity index (χ0n) is 10.9. The van der Waals surface area contributed by atoms with Crippen LogP contribution in [0.1, 0.15) is 45.0 Å². The third-order valence-corrected chi connectivity index (χ3v) is 3.31. The van der Waals surface area contributed by atoms with Crippen LogP contribution < -0.4 is 0 Å². The number of rotatable bonds is 3. The van der Waals surface area contributed by atoms with E-state index in [1.165, 1.54) is 11.4 Å². The first-order valence-electron chi connectivity index (χ1n) is 6.15. The molecule has 0 radical (unpaired) electrons. The van der Waals surface area contributed by atoms with Gasteiger partial charge < -0.3 is 4.40 Å². The summed E-state index contributed by atoms with van der Waals surface area (Å²) in [4.78, 5) is 4.76. The Bertz CT molecular complexity index is 526. The Morgan fingerprint density at radius 1 is 1.24 bits per heavy atom. The number of nitrogens with zero attached hydrogens (tertiary/aromatic N) is 2. The highest BCUT2D eigenvalue weighted by atomic mass is 79.9. The summed E-state index contributed by atoms with van der Waals surface area (Å²) in [5.41, 5.74) is 3.63. The van der Waals surface area contributed by atoms with Crippen LogP contribution in [-0.2, 0) is 6.42 Å². The van der Waals surface area contributed by atoms with Crippen LogP contribution in [0, 0.1) is 5.92 Å². The Balaban J connectivity index is 2.63. The van der Waals surface area contributed by atoms with E-state index in [0.717, 1.165) is 16.5 Å². The molecule has 0 aromatic carbocycles. The number of hydrogen-bond donors (Lipinski definition) is 0. The van der Waals surface area contributed by atoms with Crippen molar-refractivity contribution in [2.75, 3.05) is 0 Å². The second kappa shape index (κ2) is 4.81. The van der Waals surface area contributed by atoms with Crippen LogP contribution in [0.4, 0.5) is 0 Å². The van der Waals surface area contributed by atoms with Gasteiger partial charge in [0.15, 0.2) is 0 Å². The molecule has 0 saturated heterocycles. The molecule has 0 amide bonds. The van der Waals surface area contributed by atoms with Crippen molar-refractivity contribution in [3.63, 3.8) is 0 Å². The molecular weight excluding hydrogens is 276 g/mol. The molecule has 2 aromatic rings. The highest BCUT2D eigenvalue weighted by Crippen LogP contribution is 2.25. The Morgan fingerprint density at radius 3 is 2.53 bits per heavy atom. The van der Waals surface area contributed by atoms with E-state index in [1.54, 1.807) is 0 Å². The summed E-state index contributed by atoms with van der Waals surface area (Å²) in [5.74, 6) is 1.13. The maximum absolute atomic E-state index is 4.76. The minimum atomic E-state index is 0.494. The van der Waals surface area contributed by atoms with E-state index < -0.39 is 0 Å². The van der Waals surface area contributed by atoms with Crippen molar-refractivity contribution in [3.05, 3.63) is 34.2 Å². The van der Waals surface area contributed by atoms with Crippen LogP contribution in [0.5, 0.6) is 0 Å². The molecule has 2 rings (SSSR count). The fourth-order valence-corrected chi connectivity index (χ4v) is 2.57. The molecule has 17 heavy (non-hydrogen) atoms. The smallest absolute Gasteiger partial charge is 0.137 e. The van der Waals surface area contributed by atoms with Gasteiger partial charge in [0.1, 0.15) is 5.65 Å². The van der Waals surface area contributed by atoms with E-state index in [1.807, 2.05) is 6.07 Å². The Labute approximate surface area is 111 Å². The highest BCUT2D eigenvalue weighted by molar-refractivity contribution is 9.10. The number of pyridine rings is 1. The van der Waals surface area contributed by atoms with Crippen molar-refractivity contribution in [2.45, 2.75) is 40.0 Å². The molecule has 0 aliphatic rings. The predicted molar refractivity (Wildman–Crippen MR) is 75.5 cm³/mol. The normalized spacial score (nSPS) is 11.9. The third-order valence-electron chi connectivity index (χ3n) is 2.84. The van der Waals surface area contributed by atoms with E-state index in [4.69, 9.17) is 4.98 Å². The van der Waals surface area contributed by atoms with Crippen LogP contribution in [0.3, 0.4) is 0 Å². The highest BCUT2D eigenvalue weighted by Gasteiger charge is 2.16. The van der Waals surface area contributed by atoms with E-state index >= 15 is 0 Å². The Morgan fingerprint density at radius 2 is 1.94 bits per heavy atom. The quantitative estimate of drug-likeness (QED) is 0.819. The molecule has 0 atom stereocenters. The fourth-order valence-electron chi connectivity index (χ4n) is 2.23. The van der Waals surface area contributed by atoms with Crippen LogP contribution in [0.2, 0.25) is 0 Å². The lowest BCUT2D eigenvalue weighted by atomic mass is 10.0. The summed E-state index contributed by atoms with van der Waals surface area (Å²) in [6.45, 7) is 8.94. The average Bonchev–Trinajstić information content (AvgIpc) is 2.53. The SMILES string of the molecule is CC(C)Cc1nc2ccc(Br)cn2c1C(C)C. The van der Waals surface area contributed by atoms with Gasteiger partial charge >= 0.3 is 0 Å². The third kappa shape index (κ3) is 2.54. The lowest BCUT2D eigenvalue weighted by Gasteiger charge is -2.10. The largest absolute Gasteiger partial charge is 0.302 e. The second-order valence-electron chi connectivity index (χ2n) is 5.27. The maximum atomic E-state index is 4.76. The second-order valence-corrected chi connectivity index (χ2v) is 6.19. The van der Waals surface area contributed by atoms with Gasteiger partial charge in [0.05, 0.1) is 5.69 Å². The molecule has 92 valence electrons. The van der Waals surface area contributed by atoms with Crippen LogP contribution >= 0.6 is 15.9 Å². The molecule has 0 saturated carbocycles. The predicted octanol–water partition coefficient (Wildman–Crippen LogP) is 4.42. The van der Waals surface area contributed by atoms with Gasteiger partial charge in [0, 0.05) is 16.4 Å². The van der Waals surface area contributed by atoms with Crippen molar-refractivity contribution in [3.8, 4) is 0 Å². The van der Waals surface area contributed by atoms with Gasteiger partial charge in [0.2, 0.25) is 0 Å². The minimum Gasteiger partial charge on any atom is -0.302 e. The average molecular weight is 295 g/mol. The summed E-state index contributed by atoms with van der Waals surface area (Å²) in [6, 6.07) is 4.12. The van der Waals surface area contributed by atoms with Gasteiger partial charge in [-0.05, 0) is 46.3 Å². The van der Waals surface area contributed by atoms with Crippen LogP contribution in [-0.4, -0.2) is 9.38 Å². The zero-order chi connectivity index (χ0) is 12.6. The van der Waals surface area contributed by atoms with Crippen molar-refractivity contribution >= 4 is 21.6 Å². The number of hydrogen-bond acceptors (Lipinski definition) is 1. The lowest BCUT2D eigenvalue weighted by molar-refractivity contribution is 0.626. The zero-order valence-corrected chi connectivity index (χ0v) is 12.5. The van der Waals surface area contributed by atoms with E-state index in [2.05, 4.69) is 60.3 Å². The van der Waals surface area contributed by atoms with Crippen molar-refractivity contribution < 1.29 is 0 Å². The molecule has 2 aromatic heterocycles. The lowest BCUT2D eigenvalue weighted by Crippen LogP contribution is -2.02. The van der Waals surface area contributed by atoms with Gasteiger partial charge in [-0.3, -0.25) is 0 Å². The summed E-state index contributed by atoms with van der Waals surface area (Å²) in [5, 5.41) is 0. The molecule has 0 spiro atoms. The number of halogens is 1. The van der Waals surface area contributed by atoms with Crippen molar-refractivity contribution in [1.82, 2.24) is 9.38 Å². The summed E-state index contributed by atoms with van der Waals surface area (Å²) in [7, 11) is 0. The fraction of sp³-hybridized carbons (Fsp3) is 0.500. The van der Waals surface area contributed by atoms with E-state index in [9.17, 15) is 0 Å².